The molecule has 5 nitrogen and oxygen atoms in total. The van der Waals surface area contributed by atoms with Crippen LogP contribution in [-0.4, -0.2) is 56.8 Å². The molecule has 18 heavy (non-hydrogen) atoms. The second-order valence-electron chi connectivity index (χ2n) is 6.34. The molecule has 0 bridgehead atoms. The van der Waals surface area contributed by atoms with Gasteiger partial charge in [0.15, 0.2) is 14.6 Å². The van der Waals surface area contributed by atoms with Crippen LogP contribution < -0.4 is 0 Å². The molecule has 2 N–H and O–H groups in total. The average Bonchev–Trinajstić information content (AvgIpc) is 2.23. The monoisotopic (exact) mass is 278 g/mol. The van der Waals surface area contributed by atoms with Gasteiger partial charge in [0, 0.05) is 7.11 Å². The highest BCUT2D eigenvalue weighted by atomic mass is 28.4. The number of aliphatic hydroxyl groups excluding tert-OH is 2. The first-order valence-corrected chi connectivity index (χ1v) is 9.19. The fourth-order valence-corrected chi connectivity index (χ4v) is 2.90. The molecule has 0 amide bonds. The lowest BCUT2D eigenvalue weighted by atomic mass is 10.1. The Morgan fingerprint density at radius 2 is 1.78 bits per heavy atom. The molecular weight excluding hydrogens is 252 g/mol. The third kappa shape index (κ3) is 3.31. The van der Waals surface area contributed by atoms with Gasteiger partial charge in [-0.1, -0.05) is 20.8 Å². The van der Waals surface area contributed by atoms with Gasteiger partial charge < -0.3 is 24.1 Å². The highest BCUT2D eigenvalue weighted by Crippen LogP contribution is 2.38. The maximum absolute atomic E-state index is 10.1. The molecule has 6 heteroatoms. The van der Waals surface area contributed by atoms with Gasteiger partial charge in [0.2, 0.25) is 0 Å². The fourth-order valence-electron chi connectivity index (χ4n) is 1.61. The van der Waals surface area contributed by atoms with Crippen LogP contribution in [0.3, 0.4) is 0 Å². The summed E-state index contributed by atoms with van der Waals surface area (Å²) in [6.07, 6.45) is -3.17. The molecule has 0 aliphatic carbocycles. The Labute approximate surface area is 110 Å². The number of hydrogen-bond donors (Lipinski definition) is 2. The first-order valence-electron chi connectivity index (χ1n) is 6.28. The third-order valence-corrected chi connectivity index (χ3v) is 8.37. The number of methoxy groups -OCH3 is 1. The summed E-state index contributed by atoms with van der Waals surface area (Å²) in [5, 5.41) is 19.7. The van der Waals surface area contributed by atoms with Crippen molar-refractivity contribution in [3.8, 4) is 0 Å². The molecule has 4 atom stereocenters. The van der Waals surface area contributed by atoms with Crippen LogP contribution in [0.1, 0.15) is 20.8 Å². The van der Waals surface area contributed by atoms with Gasteiger partial charge in [-0.3, -0.25) is 0 Å². The van der Waals surface area contributed by atoms with Gasteiger partial charge in [0.05, 0.1) is 6.61 Å². The quantitative estimate of drug-likeness (QED) is 0.757. The SMILES string of the molecule is CO[C@@H]1OC[C@@H](O)[C@@H](O)[C@@H]1O[Si](C)(C)C(C)(C)C. The van der Waals surface area contributed by atoms with Gasteiger partial charge in [-0.15, -0.1) is 0 Å². The zero-order valence-corrected chi connectivity index (χ0v) is 13.1. The number of rotatable bonds is 3. The molecule has 0 aromatic heterocycles. The number of ether oxygens (including phenoxy) is 2. The molecule has 1 fully saturated rings. The average molecular weight is 278 g/mol. The summed E-state index contributed by atoms with van der Waals surface area (Å²) in [5.74, 6) is 0. The van der Waals surface area contributed by atoms with Gasteiger partial charge in [-0.25, -0.2) is 0 Å². The van der Waals surface area contributed by atoms with Crippen molar-refractivity contribution in [1.82, 2.24) is 0 Å². The van der Waals surface area contributed by atoms with Gasteiger partial charge in [-0.2, -0.15) is 0 Å². The van der Waals surface area contributed by atoms with Gasteiger partial charge in [0.1, 0.15) is 18.3 Å². The standard InChI is InChI=1S/C12H26O5Si/c1-12(2,3)18(5,6)17-10-9(14)8(13)7-16-11(10)15-4/h8-11,13-14H,7H2,1-6H3/t8-,9-,10+,11-/m1/s1. The summed E-state index contributed by atoms with van der Waals surface area (Å²) < 4.78 is 16.6. The Hall–Kier alpha value is 0.0169. The molecule has 1 aliphatic rings. The van der Waals surface area contributed by atoms with E-state index in [0.717, 1.165) is 0 Å². The van der Waals surface area contributed by atoms with Crippen molar-refractivity contribution in [2.24, 2.45) is 0 Å². The van der Waals surface area contributed by atoms with E-state index in [4.69, 9.17) is 13.9 Å². The first-order chi connectivity index (χ1) is 8.10. The van der Waals surface area contributed by atoms with Crippen LogP contribution in [0, 0.1) is 0 Å². The van der Waals surface area contributed by atoms with Crippen molar-refractivity contribution in [2.45, 2.75) is 63.5 Å². The zero-order valence-electron chi connectivity index (χ0n) is 12.1. The van der Waals surface area contributed by atoms with Crippen LogP contribution in [0.25, 0.3) is 0 Å². The van der Waals surface area contributed by atoms with Crippen molar-refractivity contribution in [1.29, 1.82) is 0 Å². The van der Waals surface area contributed by atoms with E-state index in [0.29, 0.717) is 0 Å². The smallest absolute Gasteiger partial charge is 0.192 e. The summed E-state index contributed by atoms with van der Waals surface area (Å²) >= 11 is 0. The summed E-state index contributed by atoms with van der Waals surface area (Å²) in [6, 6.07) is 0. The maximum atomic E-state index is 10.1. The van der Waals surface area contributed by atoms with E-state index in [1.807, 2.05) is 0 Å². The topological polar surface area (TPSA) is 68.2 Å². The van der Waals surface area contributed by atoms with Crippen molar-refractivity contribution in [3.63, 3.8) is 0 Å². The Balaban J connectivity index is 2.84. The maximum Gasteiger partial charge on any atom is 0.192 e. The summed E-state index contributed by atoms with van der Waals surface area (Å²) in [7, 11) is -0.542. The molecule has 1 rings (SSSR count). The molecule has 108 valence electrons. The minimum Gasteiger partial charge on any atom is -0.406 e. The van der Waals surface area contributed by atoms with Crippen LogP contribution in [-0.2, 0) is 13.9 Å². The van der Waals surface area contributed by atoms with Gasteiger partial charge in [-0.05, 0) is 18.1 Å². The second kappa shape index (κ2) is 5.56. The highest BCUT2D eigenvalue weighted by molar-refractivity contribution is 6.74. The highest BCUT2D eigenvalue weighted by Gasteiger charge is 2.46. The van der Waals surface area contributed by atoms with Gasteiger partial charge in [0.25, 0.3) is 0 Å². The van der Waals surface area contributed by atoms with E-state index in [2.05, 4.69) is 33.9 Å². The Kier molecular flexibility index (Phi) is 4.97. The molecule has 1 heterocycles. The Morgan fingerprint density at radius 3 is 2.22 bits per heavy atom. The van der Waals surface area contributed by atoms with Crippen LogP contribution in [0.15, 0.2) is 0 Å². The summed E-state index contributed by atoms with van der Waals surface area (Å²) in [4.78, 5) is 0. The Bertz CT molecular complexity index is 274. The number of aliphatic hydroxyl groups is 2. The zero-order chi connectivity index (χ0) is 14.1. The van der Waals surface area contributed by atoms with Crippen molar-refractivity contribution >= 4 is 8.32 Å². The molecular formula is C12H26O5Si. The summed E-state index contributed by atoms with van der Waals surface area (Å²) in [6.45, 7) is 10.6. The molecule has 0 unspecified atom stereocenters. The predicted molar refractivity (Wildman–Crippen MR) is 70.8 cm³/mol. The Morgan fingerprint density at radius 1 is 1.22 bits per heavy atom. The van der Waals surface area contributed by atoms with Crippen molar-refractivity contribution in [3.05, 3.63) is 0 Å². The lowest BCUT2D eigenvalue weighted by molar-refractivity contribution is -0.257. The van der Waals surface area contributed by atoms with Crippen LogP contribution >= 0.6 is 0 Å². The van der Waals surface area contributed by atoms with E-state index in [1.165, 1.54) is 7.11 Å². The van der Waals surface area contributed by atoms with Crippen LogP contribution in [0.5, 0.6) is 0 Å². The molecule has 1 aliphatic heterocycles. The van der Waals surface area contributed by atoms with Crippen LogP contribution in [0.4, 0.5) is 0 Å². The lowest BCUT2D eigenvalue weighted by Gasteiger charge is -2.45. The molecule has 0 radical (unpaired) electrons. The molecule has 0 aromatic rings. The van der Waals surface area contributed by atoms with E-state index >= 15 is 0 Å². The van der Waals surface area contributed by atoms with Crippen LogP contribution in [0.2, 0.25) is 18.1 Å². The lowest BCUT2D eigenvalue weighted by Crippen LogP contribution is -2.59. The van der Waals surface area contributed by atoms with E-state index in [1.54, 1.807) is 0 Å². The van der Waals surface area contributed by atoms with E-state index < -0.39 is 32.9 Å². The number of hydrogen-bond acceptors (Lipinski definition) is 5. The molecule has 0 spiro atoms. The van der Waals surface area contributed by atoms with Crippen molar-refractivity contribution in [2.75, 3.05) is 13.7 Å². The fraction of sp³-hybridized carbons (Fsp3) is 1.00. The minimum absolute atomic E-state index is 0.0212. The largest absolute Gasteiger partial charge is 0.406 e. The van der Waals surface area contributed by atoms with E-state index in [-0.39, 0.29) is 11.6 Å². The predicted octanol–water partition coefficient (Wildman–Crippen LogP) is 1.10. The molecule has 0 aromatic carbocycles. The normalized spacial score (nSPS) is 34.7. The first kappa shape index (κ1) is 16.1. The minimum atomic E-state index is -2.05. The molecule has 1 saturated heterocycles. The van der Waals surface area contributed by atoms with Crippen molar-refractivity contribution < 1.29 is 24.1 Å². The molecule has 0 saturated carbocycles. The van der Waals surface area contributed by atoms with E-state index in [9.17, 15) is 10.2 Å². The van der Waals surface area contributed by atoms with Gasteiger partial charge >= 0.3 is 0 Å². The summed E-state index contributed by atoms with van der Waals surface area (Å²) in [5.41, 5.74) is 0. The third-order valence-electron chi connectivity index (χ3n) is 3.90. The second-order valence-corrected chi connectivity index (χ2v) is 11.1.